The Balaban J connectivity index is 2.13. The van der Waals surface area contributed by atoms with Gasteiger partial charge in [-0.2, -0.15) is 0 Å². The van der Waals surface area contributed by atoms with Gasteiger partial charge in [0.15, 0.2) is 5.13 Å². The second-order valence-electron chi connectivity index (χ2n) is 3.36. The molecule has 0 aromatic carbocycles. The summed E-state index contributed by atoms with van der Waals surface area (Å²) < 4.78 is 0. The molecule has 2 N–H and O–H groups in total. The van der Waals surface area contributed by atoms with Crippen LogP contribution in [0.4, 0.5) is 5.13 Å². The molecule has 1 aliphatic rings. The number of nitrogens with one attached hydrogen (secondary N) is 1. The average molecular weight is 226 g/mol. The lowest BCUT2D eigenvalue weighted by atomic mass is 10.0. The Kier molecular flexibility index (Phi) is 2.68. The Bertz CT molecular complexity index is 390. The van der Waals surface area contributed by atoms with Crippen molar-refractivity contribution in [1.82, 2.24) is 4.98 Å². The van der Waals surface area contributed by atoms with Crippen LogP contribution in [0, 0.1) is 0 Å². The lowest BCUT2D eigenvalue weighted by Gasteiger charge is -2.06. The first-order valence-corrected chi connectivity index (χ1v) is 5.51. The number of aliphatic carboxylic acids is 1. The topological polar surface area (TPSA) is 79.3 Å². The summed E-state index contributed by atoms with van der Waals surface area (Å²) >= 11 is 1.37. The lowest BCUT2D eigenvalue weighted by molar-refractivity contribution is -0.147. The minimum Gasteiger partial charge on any atom is -0.474 e. The van der Waals surface area contributed by atoms with Crippen LogP contribution in [0.5, 0.6) is 0 Å². The van der Waals surface area contributed by atoms with E-state index in [1.807, 2.05) is 0 Å². The Morgan fingerprint density at radius 2 is 2.07 bits per heavy atom. The molecule has 0 fully saturated rings. The molecule has 0 radical (unpaired) electrons. The van der Waals surface area contributed by atoms with Gasteiger partial charge in [-0.1, -0.05) is 0 Å². The van der Waals surface area contributed by atoms with Crippen LogP contribution >= 0.6 is 11.3 Å². The first-order valence-electron chi connectivity index (χ1n) is 4.69. The molecule has 2 rings (SSSR count). The van der Waals surface area contributed by atoms with Gasteiger partial charge >= 0.3 is 11.9 Å². The van der Waals surface area contributed by atoms with Crippen molar-refractivity contribution in [3.8, 4) is 0 Å². The van der Waals surface area contributed by atoms with Crippen LogP contribution in [0.1, 0.15) is 23.4 Å². The number of thiazole rings is 1. The van der Waals surface area contributed by atoms with Crippen LogP contribution in [-0.2, 0) is 22.4 Å². The Morgan fingerprint density at radius 3 is 2.73 bits per heavy atom. The van der Waals surface area contributed by atoms with Crippen LogP contribution in [-0.4, -0.2) is 22.0 Å². The van der Waals surface area contributed by atoms with Crippen molar-refractivity contribution in [3.63, 3.8) is 0 Å². The number of carboxylic acids is 1. The summed E-state index contributed by atoms with van der Waals surface area (Å²) in [5.41, 5.74) is 1.01. The van der Waals surface area contributed by atoms with Crippen LogP contribution in [0.3, 0.4) is 0 Å². The fourth-order valence-corrected chi connectivity index (χ4v) is 2.60. The molecule has 0 saturated heterocycles. The van der Waals surface area contributed by atoms with Crippen molar-refractivity contribution in [2.45, 2.75) is 25.7 Å². The molecule has 1 heterocycles. The number of carbonyl (C=O) groups is 2. The van der Waals surface area contributed by atoms with E-state index in [4.69, 9.17) is 5.11 Å². The molecule has 0 saturated carbocycles. The number of anilines is 1. The van der Waals surface area contributed by atoms with Crippen LogP contribution in [0.15, 0.2) is 0 Å². The number of aryl methyl sites for hydroxylation is 2. The summed E-state index contributed by atoms with van der Waals surface area (Å²) in [5, 5.41) is 11.1. The van der Waals surface area contributed by atoms with Gasteiger partial charge in [-0.05, 0) is 25.7 Å². The van der Waals surface area contributed by atoms with Crippen LogP contribution in [0.25, 0.3) is 0 Å². The van der Waals surface area contributed by atoms with E-state index in [1.54, 1.807) is 0 Å². The normalized spacial score (nSPS) is 14.4. The molecule has 5 nitrogen and oxygen atoms in total. The van der Waals surface area contributed by atoms with E-state index in [0.717, 1.165) is 31.4 Å². The van der Waals surface area contributed by atoms with Crippen molar-refractivity contribution < 1.29 is 14.7 Å². The fraction of sp³-hybridized carbons (Fsp3) is 0.444. The second-order valence-corrected chi connectivity index (χ2v) is 4.44. The number of aromatic nitrogens is 1. The van der Waals surface area contributed by atoms with Gasteiger partial charge in [0.25, 0.3) is 0 Å². The second kappa shape index (κ2) is 3.98. The predicted molar refractivity (Wildman–Crippen MR) is 55.0 cm³/mol. The molecule has 0 spiro atoms. The highest BCUT2D eigenvalue weighted by molar-refractivity contribution is 7.16. The smallest absolute Gasteiger partial charge is 0.394 e. The molecule has 1 aromatic heterocycles. The van der Waals surface area contributed by atoms with Crippen molar-refractivity contribution in [2.75, 3.05) is 5.32 Å². The Hall–Kier alpha value is -1.43. The van der Waals surface area contributed by atoms with E-state index < -0.39 is 11.9 Å². The number of hydrogen-bond donors (Lipinski definition) is 2. The summed E-state index contributed by atoms with van der Waals surface area (Å²) in [6.07, 6.45) is 4.16. The summed E-state index contributed by atoms with van der Waals surface area (Å²) in [5.74, 6) is -2.51. The predicted octanol–water partition coefficient (Wildman–Crippen LogP) is 1.04. The number of nitrogens with zero attached hydrogens (tertiary/aromatic N) is 1. The molecule has 1 aromatic rings. The van der Waals surface area contributed by atoms with E-state index in [0.29, 0.717) is 5.13 Å². The van der Waals surface area contributed by atoms with Gasteiger partial charge in [0.05, 0.1) is 5.69 Å². The van der Waals surface area contributed by atoms with Gasteiger partial charge in [0.2, 0.25) is 0 Å². The first kappa shape index (κ1) is 10.1. The zero-order valence-corrected chi connectivity index (χ0v) is 8.76. The van der Waals surface area contributed by atoms with E-state index in [1.165, 1.54) is 16.2 Å². The zero-order chi connectivity index (χ0) is 10.8. The summed E-state index contributed by atoms with van der Waals surface area (Å²) in [7, 11) is 0. The van der Waals surface area contributed by atoms with Gasteiger partial charge in [-0.3, -0.25) is 10.1 Å². The minimum atomic E-state index is -1.48. The zero-order valence-electron chi connectivity index (χ0n) is 7.95. The van der Waals surface area contributed by atoms with E-state index in [2.05, 4.69) is 10.3 Å². The number of carboxylic acid groups (broad SMARTS) is 1. The molecule has 1 amide bonds. The minimum absolute atomic E-state index is 0.398. The van der Waals surface area contributed by atoms with Gasteiger partial charge in [-0.25, -0.2) is 9.78 Å². The van der Waals surface area contributed by atoms with Gasteiger partial charge in [0, 0.05) is 4.88 Å². The fourth-order valence-electron chi connectivity index (χ4n) is 1.56. The highest BCUT2D eigenvalue weighted by atomic mass is 32.1. The highest BCUT2D eigenvalue weighted by Crippen LogP contribution is 2.29. The molecular weight excluding hydrogens is 216 g/mol. The number of amides is 1. The molecule has 15 heavy (non-hydrogen) atoms. The van der Waals surface area contributed by atoms with E-state index >= 15 is 0 Å². The standard InChI is InChI=1S/C9H10N2O3S/c12-7(8(13)14)11-9-10-5-3-1-2-4-6(5)15-9/h1-4H2,(H,13,14)(H,10,11,12). The summed E-state index contributed by atoms with van der Waals surface area (Å²) in [4.78, 5) is 26.6. The average Bonchev–Trinajstić information content (AvgIpc) is 2.59. The van der Waals surface area contributed by atoms with Crippen molar-refractivity contribution in [1.29, 1.82) is 0 Å². The number of carbonyl (C=O) groups excluding carboxylic acids is 1. The maximum atomic E-state index is 10.9. The van der Waals surface area contributed by atoms with Gasteiger partial charge in [0.1, 0.15) is 0 Å². The summed E-state index contributed by atoms with van der Waals surface area (Å²) in [6.45, 7) is 0. The first-order chi connectivity index (χ1) is 7.16. The third-order valence-electron chi connectivity index (χ3n) is 2.26. The maximum Gasteiger partial charge on any atom is 0.394 e. The largest absolute Gasteiger partial charge is 0.474 e. The SMILES string of the molecule is O=C(O)C(=O)Nc1nc2c(s1)CCCC2. The van der Waals surface area contributed by atoms with Gasteiger partial charge < -0.3 is 5.11 Å². The quantitative estimate of drug-likeness (QED) is 0.701. The monoisotopic (exact) mass is 226 g/mol. The lowest BCUT2D eigenvalue weighted by Crippen LogP contribution is -2.21. The molecule has 0 atom stereocenters. The number of rotatable bonds is 1. The van der Waals surface area contributed by atoms with E-state index in [9.17, 15) is 9.59 Å². The molecular formula is C9H10N2O3S. The van der Waals surface area contributed by atoms with Crippen LogP contribution < -0.4 is 5.32 Å². The molecule has 0 aliphatic heterocycles. The number of hydrogen-bond acceptors (Lipinski definition) is 4. The van der Waals surface area contributed by atoms with Crippen LogP contribution in [0.2, 0.25) is 0 Å². The summed E-state index contributed by atoms with van der Waals surface area (Å²) in [6, 6.07) is 0. The molecule has 1 aliphatic carbocycles. The number of fused-ring (bicyclic) bond motifs is 1. The van der Waals surface area contributed by atoms with Crippen molar-refractivity contribution in [3.05, 3.63) is 10.6 Å². The van der Waals surface area contributed by atoms with Gasteiger partial charge in [-0.15, -0.1) is 11.3 Å². The van der Waals surface area contributed by atoms with Crippen molar-refractivity contribution in [2.24, 2.45) is 0 Å². The molecule has 0 unspecified atom stereocenters. The Labute approximate surface area is 90.1 Å². The molecule has 80 valence electrons. The third-order valence-corrected chi connectivity index (χ3v) is 3.33. The Morgan fingerprint density at radius 1 is 1.33 bits per heavy atom. The molecule has 6 heteroatoms. The molecule has 0 bridgehead atoms. The highest BCUT2D eigenvalue weighted by Gasteiger charge is 2.18. The maximum absolute atomic E-state index is 10.9. The third kappa shape index (κ3) is 2.15. The van der Waals surface area contributed by atoms with Crippen molar-refractivity contribution >= 4 is 28.3 Å². The van der Waals surface area contributed by atoms with E-state index in [-0.39, 0.29) is 0 Å².